The second-order valence-electron chi connectivity index (χ2n) is 6.47. The van der Waals surface area contributed by atoms with Gasteiger partial charge in [-0.2, -0.15) is 4.98 Å². The molecule has 134 valence electrons. The zero-order valence-electron chi connectivity index (χ0n) is 15.7. The first-order valence-electron chi connectivity index (χ1n) is 9.14. The van der Waals surface area contributed by atoms with Gasteiger partial charge in [0, 0.05) is 24.0 Å². The van der Waals surface area contributed by atoms with Crippen molar-refractivity contribution >= 4 is 17.5 Å². The van der Waals surface area contributed by atoms with Crippen LogP contribution in [0.5, 0.6) is 0 Å². The fraction of sp³-hybridized carbons (Fsp3) is 0.273. The fourth-order valence-corrected chi connectivity index (χ4v) is 3.01. The van der Waals surface area contributed by atoms with E-state index in [4.69, 9.17) is 0 Å². The third-order valence-electron chi connectivity index (χ3n) is 4.39. The van der Waals surface area contributed by atoms with Crippen LogP contribution in [-0.4, -0.2) is 16.5 Å². The first kappa shape index (κ1) is 17.9. The maximum absolute atomic E-state index is 4.64. The van der Waals surface area contributed by atoms with Crippen LogP contribution in [0.15, 0.2) is 54.6 Å². The zero-order valence-corrected chi connectivity index (χ0v) is 15.7. The van der Waals surface area contributed by atoms with E-state index in [0.717, 1.165) is 36.6 Å². The van der Waals surface area contributed by atoms with Gasteiger partial charge < -0.3 is 10.6 Å². The zero-order chi connectivity index (χ0) is 18.4. The number of hydrogen-bond acceptors (Lipinski definition) is 4. The number of aromatic nitrogens is 2. The Hall–Kier alpha value is -2.88. The molecule has 3 rings (SSSR count). The summed E-state index contributed by atoms with van der Waals surface area (Å²) in [5.41, 5.74) is 5.84. The van der Waals surface area contributed by atoms with Crippen LogP contribution in [0.25, 0.3) is 0 Å². The van der Waals surface area contributed by atoms with E-state index in [1.807, 2.05) is 19.1 Å². The summed E-state index contributed by atoms with van der Waals surface area (Å²) in [6, 6.07) is 18.8. The molecule has 1 heterocycles. The van der Waals surface area contributed by atoms with E-state index in [9.17, 15) is 0 Å². The van der Waals surface area contributed by atoms with E-state index in [1.165, 1.54) is 16.7 Å². The number of nitrogens with one attached hydrogen (secondary N) is 2. The number of anilines is 3. The van der Waals surface area contributed by atoms with E-state index in [1.54, 1.807) is 0 Å². The third-order valence-corrected chi connectivity index (χ3v) is 4.39. The second kappa shape index (κ2) is 8.48. The van der Waals surface area contributed by atoms with Gasteiger partial charge in [0.05, 0.1) is 0 Å². The van der Waals surface area contributed by atoms with Crippen molar-refractivity contribution in [3.05, 3.63) is 77.0 Å². The summed E-state index contributed by atoms with van der Waals surface area (Å²) in [5.74, 6) is 1.48. The van der Waals surface area contributed by atoms with Gasteiger partial charge in [0.2, 0.25) is 5.95 Å². The van der Waals surface area contributed by atoms with E-state index in [2.05, 4.69) is 76.9 Å². The first-order chi connectivity index (χ1) is 12.7. The summed E-state index contributed by atoms with van der Waals surface area (Å²) in [7, 11) is 0. The van der Waals surface area contributed by atoms with Crippen LogP contribution in [0, 0.1) is 13.8 Å². The van der Waals surface area contributed by atoms with Crippen molar-refractivity contribution in [3.8, 4) is 0 Å². The van der Waals surface area contributed by atoms with Gasteiger partial charge in [-0.15, -0.1) is 0 Å². The standard InChI is InChI=1S/C22H26N4/c1-4-19-12-8-9-16(2)21(19)26-22-24-17(3)15-20(25-22)23-14-13-18-10-6-5-7-11-18/h5-12,15H,4,13-14H2,1-3H3,(H2,23,24,25,26). The number of para-hydroxylation sites is 1. The number of rotatable bonds is 7. The van der Waals surface area contributed by atoms with E-state index >= 15 is 0 Å². The third kappa shape index (κ3) is 4.60. The Morgan fingerprint density at radius 1 is 0.923 bits per heavy atom. The average molecular weight is 346 g/mol. The summed E-state index contributed by atoms with van der Waals surface area (Å²) in [5, 5.41) is 6.83. The number of hydrogen-bond donors (Lipinski definition) is 2. The first-order valence-corrected chi connectivity index (χ1v) is 9.14. The molecule has 0 radical (unpaired) electrons. The van der Waals surface area contributed by atoms with E-state index < -0.39 is 0 Å². The van der Waals surface area contributed by atoms with Crippen molar-refractivity contribution in [3.63, 3.8) is 0 Å². The molecule has 2 aromatic carbocycles. The molecule has 2 N–H and O–H groups in total. The van der Waals surface area contributed by atoms with Crippen LogP contribution in [0.2, 0.25) is 0 Å². The molecule has 0 aliphatic rings. The highest BCUT2D eigenvalue weighted by Gasteiger charge is 2.08. The SMILES string of the molecule is CCc1cccc(C)c1Nc1nc(C)cc(NCCc2ccccc2)n1. The number of benzene rings is 2. The molecule has 0 atom stereocenters. The van der Waals surface area contributed by atoms with Crippen molar-refractivity contribution in [2.75, 3.05) is 17.2 Å². The Labute approximate surface area is 155 Å². The van der Waals surface area contributed by atoms with Crippen molar-refractivity contribution < 1.29 is 0 Å². The highest BCUT2D eigenvalue weighted by atomic mass is 15.1. The Morgan fingerprint density at radius 3 is 2.50 bits per heavy atom. The molecular formula is C22H26N4. The Kier molecular flexibility index (Phi) is 5.84. The monoisotopic (exact) mass is 346 g/mol. The van der Waals surface area contributed by atoms with Crippen LogP contribution in [-0.2, 0) is 12.8 Å². The quantitative estimate of drug-likeness (QED) is 0.628. The van der Waals surface area contributed by atoms with Crippen molar-refractivity contribution in [2.45, 2.75) is 33.6 Å². The lowest BCUT2D eigenvalue weighted by Gasteiger charge is -2.14. The Balaban J connectivity index is 1.72. The molecule has 0 saturated carbocycles. The fourth-order valence-electron chi connectivity index (χ4n) is 3.01. The molecular weight excluding hydrogens is 320 g/mol. The van der Waals surface area contributed by atoms with Gasteiger partial charge in [-0.05, 0) is 43.4 Å². The molecule has 0 aliphatic heterocycles. The van der Waals surface area contributed by atoms with Gasteiger partial charge in [0.1, 0.15) is 5.82 Å². The van der Waals surface area contributed by atoms with Gasteiger partial charge in [0.25, 0.3) is 0 Å². The Morgan fingerprint density at radius 2 is 1.73 bits per heavy atom. The van der Waals surface area contributed by atoms with E-state index in [-0.39, 0.29) is 0 Å². The van der Waals surface area contributed by atoms with Crippen LogP contribution >= 0.6 is 0 Å². The summed E-state index contributed by atoms with van der Waals surface area (Å²) >= 11 is 0. The second-order valence-corrected chi connectivity index (χ2v) is 6.47. The summed E-state index contributed by atoms with van der Waals surface area (Å²) in [6.07, 6.45) is 1.93. The molecule has 4 heteroatoms. The highest BCUT2D eigenvalue weighted by molar-refractivity contribution is 5.64. The number of nitrogens with zero attached hydrogens (tertiary/aromatic N) is 2. The van der Waals surface area contributed by atoms with Crippen molar-refractivity contribution in [2.24, 2.45) is 0 Å². The molecule has 0 saturated heterocycles. The lowest BCUT2D eigenvalue weighted by atomic mass is 10.1. The lowest BCUT2D eigenvalue weighted by Crippen LogP contribution is -2.09. The molecule has 0 amide bonds. The molecule has 3 aromatic rings. The molecule has 0 unspecified atom stereocenters. The smallest absolute Gasteiger partial charge is 0.229 e. The predicted molar refractivity (Wildman–Crippen MR) is 109 cm³/mol. The minimum atomic E-state index is 0.635. The van der Waals surface area contributed by atoms with Crippen molar-refractivity contribution in [1.29, 1.82) is 0 Å². The normalized spacial score (nSPS) is 10.6. The van der Waals surface area contributed by atoms with Crippen molar-refractivity contribution in [1.82, 2.24) is 9.97 Å². The van der Waals surface area contributed by atoms with Crippen LogP contribution in [0.3, 0.4) is 0 Å². The molecule has 0 aliphatic carbocycles. The van der Waals surface area contributed by atoms with Gasteiger partial charge >= 0.3 is 0 Å². The van der Waals surface area contributed by atoms with Crippen LogP contribution < -0.4 is 10.6 Å². The van der Waals surface area contributed by atoms with Crippen LogP contribution in [0.4, 0.5) is 17.5 Å². The predicted octanol–water partition coefficient (Wildman–Crippen LogP) is 5.05. The molecule has 1 aromatic heterocycles. The lowest BCUT2D eigenvalue weighted by molar-refractivity contribution is 0.994. The molecule has 4 nitrogen and oxygen atoms in total. The molecule has 26 heavy (non-hydrogen) atoms. The molecule has 0 bridgehead atoms. The minimum Gasteiger partial charge on any atom is -0.370 e. The van der Waals surface area contributed by atoms with Gasteiger partial charge in [-0.25, -0.2) is 4.98 Å². The average Bonchev–Trinajstić information content (AvgIpc) is 2.64. The number of aryl methyl sites for hydroxylation is 3. The maximum atomic E-state index is 4.64. The topological polar surface area (TPSA) is 49.8 Å². The highest BCUT2D eigenvalue weighted by Crippen LogP contribution is 2.24. The van der Waals surface area contributed by atoms with Gasteiger partial charge in [-0.1, -0.05) is 55.5 Å². The van der Waals surface area contributed by atoms with Gasteiger partial charge in [-0.3, -0.25) is 0 Å². The Bertz CT molecular complexity index is 859. The molecule has 0 spiro atoms. The molecule has 0 fully saturated rings. The summed E-state index contributed by atoms with van der Waals surface area (Å²) < 4.78 is 0. The van der Waals surface area contributed by atoms with Gasteiger partial charge in [0.15, 0.2) is 0 Å². The van der Waals surface area contributed by atoms with Crippen LogP contribution in [0.1, 0.15) is 29.3 Å². The largest absolute Gasteiger partial charge is 0.370 e. The maximum Gasteiger partial charge on any atom is 0.229 e. The summed E-state index contributed by atoms with van der Waals surface area (Å²) in [4.78, 5) is 9.19. The summed E-state index contributed by atoms with van der Waals surface area (Å²) in [6.45, 7) is 7.10. The minimum absolute atomic E-state index is 0.635. The van der Waals surface area contributed by atoms with E-state index in [0.29, 0.717) is 5.95 Å².